The highest BCUT2D eigenvalue weighted by Crippen LogP contribution is 2.19. The number of thiophene rings is 1. The third-order valence-electron chi connectivity index (χ3n) is 3.00. The number of aliphatic hydroxyl groups excluding tert-OH is 1. The first-order valence-corrected chi connectivity index (χ1v) is 7.77. The molecule has 0 fully saturated rings. The molecular weight excluding hydrogens is 306 g/mol. The Bertz CT molecular complexity index is 608. The molecule has 110 valence electrons. The fourth-order valence-electron chi connectivity index (χ4n) is 1.84. The average Bonchev–Trinajstić information content (AvgIpc) is 2.98. The highest BCUT2D eigenvalue weighted by Gasteiger charge is 2.17. The molecule has 2 atom stereocenters. The van der Waals surface area contributed by atoms with E-state index in [1.165, 1.54) is 6.08 Å². The first kappa shape index (κ1) is 15.8. The molecule has 2 aromatic rings. The molecule has 2 rings (SSSR count). The Balaban J connectivity index is 1.92. The third-order valence-corrected chi connectivity index (χ3v) is 4.09. The predicted octanol–water partition coefficient (Wildman–Crippen LogP) is 3.65. The minimum absolute atomic E-state index is 0.232. The van der Waals surface area contributed by atoms with E-state index in [0.29, 0.717) is 5.02 Å². The zero-order valence-electron chi connectivity index (χ0n) is 11.5. The van der Waals surface area contributed by atoms with Crippen molar-refractivity contribution >= 4 is 34.9 Å². The van der Waals surface area contributed by atoms with Gasteiger partial charge in [0.05, 0.1) is 12.1 Å². The first-order valence-electron chi connectivity index (χ1n) is 6.52. The summed E-state index contributed by atoms with van der Waals surface area (Å²) in [6.07, 6.45) is 2.44. The van der Waals surface area contributed by atoms with Crippen LogP contribution in [0.5, 0.6) is 0 Å². The molecule has 0 aliphatic heterocycles. The van der Waals surface area contributed by atoms with Crippen LogP contribution in [0, 0.1) is 0 Å². The van der Waals surface area contributed by atoms with Gasteiger partial charge in [0.25, 0.3) is 0 Å². The summed E-state index contributed by atoms with van der Waals surface area (Å²) in [5.74, 6) is -0.232. The second-order valence-electron chi connectivity index (χ2n) is 4.64. The lowest BCUT2D eigenvalue weighted by molar-refractivity contribution is -0.117. The third kappa shape index (κ3) is 4.70. The van der Waals surface area contributed by atoms with E-state index in [1.54, 1.807) is 48.6 Å². The summed E-state index contributed by atoms with van der Waals surface area (Å²) >= 11 is 7.37. The van der Waals surface area contributed by atoms with Gasteiger partial charge in [0.15, 0.2) is 0 Å². The number of rotatable bonds is 5. The lowest BCUT2D eigenvalue weighted by atomic mass is 10.0. The number of hydrogen-bond donors (Lipinski definition) is 2. The minimum atomic E-state index is -0.777. The number of amides is 1. The number of benzene rings is 1. The van der Waals surface area contributed by atoms with Crippen molar-refractivity contribution in [2.45, 2.75) is 19.1 Å². The lowest BCUT2D eigenvalue weighted by Gasteiger charge is -2.20. The fraction of sp³-hybridized carbons (Fsp3) is 0.188. The Labute approximate surface area is 132 Å². The van der Waals surface area contributed by atoms with E-state index in [9.17, 15) is 9.90 Å². The van der Waals surface area contributed by atoms with E-state index >= 15 is 0 Å². The van der Waals surface area contributed by atoms with Gasteiger partial charge in [-0.25, -0.2) is 0 Å². The highest BCUT2D eigenvalue weighted by atomic mass is 35.5. The van der Waals surface area contributed by atoms with Crippen LogP contribution in [0.1, 0.15) is 23.5 Å². The van der Waals surface area contributed by atoms with Crippen molar-refractivity contribution in [1.82, 2.24) is 5.32 Å². The zero-order chi connectivity index (χ0) is 15.2. The van der Waals surface area contributed by atoms with Gasteiger partial charge in [-0.2, -0.15) is 0 Å². The summed E-state index contributed by atoms with van der Waals surface area (Å²) < 4.78 is 0. The molecule has 0 saturated carbocycles. The maximum Gasteiger partial charge on any atom is 0.244 e. The van der Waals surface area contributed by atoms with Crippen LogP contribution in [0.4, 0.5) is 0 Å². The number of aliphatic hydroxyl groups is 1. The minimum Gasteiger partial charge on any atom is -0.386 e. The SMILES string of the molecule is CC(NC(=O)/C=C/c1cccs1)C(O)c1ccc(Cl)cc1. The van der Waals surface area contributed by atoms with Crippen LogP contribution in [0.15, 0.2) is 47.9 Å². The molecule has 1 aromatic heterocycles. The molecule has 2 N–H and O–H groups in total. The summed E-state index contributed by atoms with van der Waals surface area (Å²) in [7, 11) is 0. The quantitative estimate of drug-likeness (QED) is 0.826. The molecule has 0 bridgehead atoms. The molecule has 0 saturated heterocycles. The molecule has 0 radical (unpaired) electrons. The fourth-order valence-corrected chi connectivity index (χ4v) is 2.59. The van der Waals surface area contributed by atoms with Crippen molar-refractivity contribution in [3.05, 3.63) is 63.3 Å². The van der Waals surface area contributed by atoms with E-state index in [1.807, 2.05) is 17.5 Å². The van der Waals surface area contributed by atoms with Gasteiger partial charge in [-0.15, -0.1) is 11.3 Å². The topological polar surface area (TPSA) is 49.3 Å². The van der Waals surface area contributed by atoms with Gasteiger partial charge in [0.1, 0.15) is 0 Å². The van der Waals surface area contributed by atoms with E-state index in [4.69, 9.17) is 11.6 Å². The molecule has 21 heavy (non-hydrogen) atoms. The molecule has 0 aliphatic rings. The Morgan fingerprint density at radius 3 is 2.67 bits per heavy atom. The monoisotopic (exact) mass is 321 g/mol. The molecule has 5 heteroatoms. The molecule has 1 heterocycles. The van der Waals surface area contributed by atoms with Gasteiger partial charge >= 0.3 is 0 Å². The zero-order valence-corrected chi connectivity index (χ0v) is 13.1. The molecule has 0 spiro atoms. The predicted molar refractivity (Wildman–Crippen MR) is 87.4 cm³/mol. The van der Waals surface area contributed by atoms with E-state index in [-0.39, 0.29) is 5.91 Å². The van der Waals surface area contributed by atoms with Crippen LogP contribution in [0.2, 0.25) is 5.02 Å². The maximum absolute atomic E-state index is 11.8. The smallest absolute Gasteiger partial charge is 0.244 e. The van der Waals surface area contributed by atoms with Crippen molar-refractivity contribution in [3.63, 3.8) is 0 Å². The van der Waals surface area contributed by atoms with Crippen molar-refractivity contribution in [2.75, 3.05) is 0 Å². The van der Waals surface area contributed by atoms with E-state index in [0.717, 1.165) is 10.4 Å². The number of carbonyl (C=O) groups is 1. The van der Waals surface area contributed by atoms with Crippen molar-refractivity contribution in [2.24, 2.45) is 0 Å². The molecule has 2 unspecified atom stereocenters. The summed E-state index contributed by atoms with van der Waals surface area (Å²) in [5.41, 5.74) is 0.717. The van der Waals surface area contributed by atoms with Gasteiger partial charge in [0, 0.05) is 16.0 Å². The highest BCUT2D eigenvalue weighted by molar-refractivity contribution is 7.10. The van der Waals surface area contributed by atoms with Crippen LogP contribution >= 0.6 is 22.9 Å². The van der Waals surface area contributed by atoms with Crippen molar-refractivity contribution in [1.29, 1.82) is 0 Å². The molecule has 3 nitrogen and oxygen atoms in total. The number of halogens is 1. The van der Waals surface area contributed by atoms with E-state index in [2.05, 4.69) is 5.32 Å². The summed E-state index contributed by atoms with van der Waals surface area (Å²) in [6.45, 7) is 1.76. The number of nitrogens with one attached hydrogen (secondary N) is 1. The molecular formula is C16H16ClNO2S. The van der Waals surface area contributed by atoms with Gasteiger partial charge in [-0.1, -0.05) is 29.8 Å². The van der Waals surface area contributed by atoms with Crippen molar-refractivity contribution < 1.29 is 9.90 Å². The number of carbonyl (C=O) groups excluding carboxylic acids is 1. The molecule has 0 aliphatic carbocycles. The van der Waals surface area contributed by atoms with Crippen LogP contribution in [0.3, 0.4) is 0 Å². The van der Waals surface area contributed by atoms with Crippen LogP contribution in [-0.2, 0) is 4.79 Å². The lowest BCUT2D eigenvalue weighted by Crippen LogP contribution is -2.36. The van der Waals surface area contributed by atoms with Gasteiger partial charge in [0.2, 0.25) is 5.91 Å². The van der Waals surface area contributed by atoms with E-state index < -0.39 is 12.1 Å². The van der Waals surface area contributed by atoms with Gasteiger partial charge < -0.3 is 10.4 Å². The Kier molecular flexibility index (Phi) is 5.56. The first-order chi connectivity index (χ1) is 10.1. The normalized spacial score (nSPS) is 14.0. The second-order valence-corrected chi connectivity index (χ2v) is 6.06. The Hall–Kier alpha value is -1.62. The summed E-state index contributed by atoms with van der Waals surface area (Å²) in [5, 5.41) is 15.5. The maximum atomic E-state index is 11.8. The Morgan fingerprint density at radius 1 is 1.33 bits per heavy atom. The molecule has 1 aromatic carbocycles. The summed E-state index contributed by atoms with van der Waals surface area (Å²) in [4.78, 5) is 12.8. The van der Waals surface area contributed by atoms with Crippen LogP contribution < -0.4 is 5.32 Å². The molecule has 1 amide bonds. The second kappa shape index (κ2) is 7.41. The van der Waals surface area contributed by atoms with Gasteiger partial charge in [-0.05, 0) is 42.1 Å². The average molecular weight is 322 g/mol. The van der Waals surface area contributed by atoms with Crippen molar-refractivity contribution in [3.8, 4) is 0 Å². The van der Waals surface area contributed by atoms with Crippen LogP contribution in [-0.4, -0.2) is 17.1 Å². The van der Waals surface area contributed by atoms with Gasteiger partial charge in [-0.3, -0.25) is 4.79 Å². The standard InChI is InChI=1S/C16H16ClNO2S/c1-11(16(20)12-4-6-13(17)7-5-12)18-15(19)9-8-14-3-2-10-21-14/h2-11,16,20H,1H3,(H,18,19)/b9-8+. The van der Waals surface area contributed by atoms with Crippen LogP contribution in [0.25, 0.3) is 6.08 Å². The summed E-state index contributed by atoms with van der Waals surface area (Å²) in [6, 6.07) is 10.4. The number of hydrogen-bond acceptors (Lipinski definition) is 3. The largest absolute Gasteiger partial charge is 0.386 e. The Morgan fingerprint density at radius 2 is 2.05 bits per heavy atom.